The minimum Gasteiger partial charge on any atom is -0.349 e. The molecule has 3 saturated heterocycles. The first-order valence-corrected chi connectivity index (χ1v) is 14.1. The molecule has 0 radical (unpaired) electrons. The van der Waals surface area contributed by atoms with Gasteiger partial charge in [-0.05, 0) is 64.4 Å². The summed E-state index contributed by atoms with van der Waals surface area (Å²) in [6, 6.07) is 9.65. The number of hydrogen-bond donors (Lipinski definition) is 1. The van der Waals surface area contributed by atoms with Crippen molar-refractivity contribution in [3.05, 3.63) is 35.9 Å². The van der Waals surface area contributed by atoms with Gasteiger partial charge in [0, 0.05) is 50.5 Å². The summed E-state index contributed by atoms with van der Waals surface area (Å²) in [4.78, 5) is 45.1. The summed E-state index contributed by atoms with van der Waals surface area (Å²) in [5.74, 6) is -3.24. The zero-order valence-electron chi connectivity index (χ0n) is 23.1. The SMILES string of the molecule is CC(C)N1C(=O)N(C)C2(CC3CCC(C2)N3CC[C@H](NC(=O)C2CCC(F)(F)CC2)c2ccccc2)C1=O.Cl. The maximum Gasteiger partial charge on any atom is 0.327 e. The maximum absolute atomic E-state index is 13.6. The van der Waals surface area contributed by atoms with Gasteiger partial charge in [-0.1, -0.05) is 30.3 Å². The van der Waals surface area contributed by atoms with Crippen LogP contribution in [0.4, 0.5) is 13.6 Å². The summed E-state index contributed by atoms with van der Waals surface area (Å²) in [6.07, 6.45) is 3.90. The summed E-state index contributed by atoms with van der Waals surface area (Å²) in [6.45, 7) is 4.51. The number of halogens is 3. The van der Waals surface area contributed by atoms with Crippen LogP contribution in [0.2, 0.25) is 0 Å². The van der Waals surface area contributed by atoms with E-state index in [0.29, 0.717) is 19.3 Å². The van der Waals surface area contributed by atoms with Gasteiger partial charge in [-0.2, -0.15) is 0 Å². The number of imide groups is 1. The van der Waals surface area contributed by atoms with Gasteiger partial charge >= 0.3 is 6.03 Å². The van der Waals surface area contributed by atoms with E-state index in [1.54, 1.807) is 11.9 Å². The van der Waals surface area contributed by atoms with Crippen molar-refractivity contribution in [3.8, 4) is 0 Å². The Morgan fingerprint density at radius 3 is 2.15 bits per heavy atom. The van der Waals surface area contributed by atoms with Gasteiger partial charge in [0.05, 0.1) is 6.04 Å². The first kappa shape index (κ1) is 29.7. The predicted octanol–water partition coefficient (Wildman–Crippen LogP) is 5.15. The van der Waals surface area contributed by atoms with E-state index in [1.807, 2.05) is 44.2 Å². The third kappa shape index (κ3) is 5.53. The fourth-order valence-electron chi connectivity index (χ4n) is 7.26. The van der Waals surface area contributed by atoms with Crippen LogP contribution in [0.1, 0.15) is 83.2 Å². The second kappa shape index (κ2) is 11.3. The fraction of sp³-hybridized carbons (Fsp3) is 0.690. The highest BCUT2D eigenvalue weighted by Gasteiger charge is 2.62. The standard InChI is InChI=1S/C29H40F2N4O3.ClH/c1-19(2)35-26(37)28(33(3)27(35)38)17-22-9-10-23(18-28)34(22)16-13-24(20-7-5-4-6-8-20)32-25(36)21-11-14-29(30,31)15-12-21;/h4-8,19,21-24H,9-18H2,1-3H3,(H,32,36);1H/t22?,23?,24-,28?;/m0./s1. The molecular weight excluding hydrogens is 526 g/mol. The average Bonchev–Trinajstić information content (AvgIpc) is 3.22. The minimum atomic E-state index is -2.66. The Kier molecular flexibility index (Phi) is 8.62. The zero-order chi connectivity index (χ0) is 27.2. The van der Waals surface area contributed by atoms with E-state index in [-0.39, 0.29) is 86.0 Å². The van der Waals surface area contributed by atoms with Crippen molar-refractivity contribution in [1.29, 1.82) is 0 Å². The van der Waals surface area contributed by atoms with Gasteiger partial charge in [0.15, 0.2) is 0 Å². The second-order valence-corrected chi connectivity index (χ2v) is 12.1. The van der Waals surface area contributed by atoms with E-state index in [2.05, 4.69) is 10.2 Å². The molecule has 2 unspecified atom stereocenters. The first-order valence-electron chi connectivity index (χ1n) is 14.1. The number of benzene rings is 1. The molecular formula is C29H41ClF2N4O3. The van der Waals surface area contributed by atoms with Crippen LogP contribution in [-0.2, 0) is 9.59 Å². The molecule has 7 nitrogen and oxygen atoms in total. The van der Waals surface area contributed by atoms with Crippen molar-refractivity contribution in [2.75, 3.05) is 13.6 Å². The van der Waals surface area contributed by atoms with E-state index in [0.717, 1.165) is 24.9 Å². The lowest BCUT2D eigenvalue weighted by atomic mass is 9.81. The molecule has 2 bridgehead atoms. The van der Waals surface area contributed by atoms with Crippen LogP contribution in [0.3, 0.4) is 0 Å². The van der Waals surface area contributed by atoms with Gasteiger partial charge in [-0.25, -0.2) is 13.6 Å². The van der Waals surface area contributed by atoms with Crippen LogP contribution in [-0.4, -0.2) is 75.7 Å². The molecule has 4 fully saturated rings. The third-order valence-electron chi connectivity index (χ3n) is 9.47. The number of likely N-dealkylation sites (N-methyl/N-ethyl adjacent to an activating group) is 1. The molecule has 4 amide bonds. The number of urea groups is 1. The minimum absolute atomic E-state index is 0. The number of amides is 4. The Balaban J connectivity index is 0.00000353. The number of nitrogens with zero attached hydrogens (tertiary/aromatic N) is 3. The average molecular weight is 567 g/mol. The topological polar surface area (TPSA) is 73.0 Å². The molecule has 3 atom stereocenters. The van der Waals surface area contributed by atoms with Gasteiger partial charge < -0.3 is 10.2 Å². The van der Waals surface area contributed by atoms with Crippen LogP contribution in [0.25, 0.3) is 0 Å². The highest BCUT2D eigenvalue weighted by molar-refractivity contribution is 6.07. The maximum atomic E-state index is 13.6. The fourth-order valence-corrected chi connectivity index (χ4v) is 7.26. The monoisotopic (exact) mass is 566 g/mol. The van der Waals surface area contributed by atoms with Crippen molar-refractivity contribution in [2.24, 2.45) is 5.92 Å². The molecule has 1 spiro atoms. The van der Waals surface area contributed by atoms with Crippen LogP contribution < -0.4 is 5.32 Å². The van der Waals surface area contributed by atoms with Gasteiger partial charge in [-0.15, -0.1) is 12.4 Å². The first-order chi connectivity index (χ1) is 18.0. The highest BCUT2D eigenvalue weighted by Crippen LogP contribution is 2.47. The Labute approximate surface area is 236 Å². The molecule has 3 aliphatic heterocycles. The van der Waals surface area contributed by atoms with E-state index >= 15 is 0 Å². The van der Waals surface area contributed by atoms with Gasteiger partial charge in [0.1, 0.15) is 5.54 Å². The van der Waals surface area contributed by atoms with Crippen LogP contribution in [0, 0.1) is 5.92 Å². The number of nitrogens with one attached hydrogen (secondary N) is 1. The number of piperidine rings is 1. The molecule has 1 aliphatic carbocycles. The number of rotatable bonds is 7. The number of alkyl halides is 2. The quantitative estimate of drug-likeness (QED) is 0.463. The summed E-state index contributed by atoms with van der Waals surface area (Å²) < 4.78 is 27.3. The molecule has 4 aliphatic rings. The Morgan fingerprint density at radius 1 is 1.03 bits per heavy atom. The summed E-state index contributed by atoms with van der Waals surface area (Å²) in [5, 5.41) is 3.18. The molecule has 10 heteroatoms. The number of hydrogen-bond acceptors (Lipinski definition) is 4. The summed E-state index contributed by atoms with van der Waals surface area (Å²) in [7, 11) is 1.76. The van der Waals surface area contributed by atoms with Crippen molar-refractivity contribution in [3.63, 3.8) is 0 Å². The molecule has 1 aromatic carbocycles. The smallest absolute Gasteiger partial charge is 0.327 e. The van der Waals surface area contributed by atoms with Crippen molar-refractivity contribution in [1.82, 2.24) is 20.0 Å². The lowest BCUT2D eigenvalue weighted by Gasteiger charge is -2.46. The summed E-state index contributed by atoms with van der Waals surface area (Å²) in [5.41, 5.74) is 0.242. The van der Waals surface area contributed by atoms with Gasteiger partial charge in [-0.3, -0.25) is 19.4 Å². The van der Waals surface area contributed by atoms with Gasteiger partial charge in [0.2, 0.25) is 11.8 Å². The van der Waals surface area contributed by atoms with Crippen LogP contribution in [0.15, 0.2) is 30.3 Å². The lowest BCUT2D eigenvalue weighted by molar-refractivity contribution is -0.138. The largest absolute Gasteiger partial charge is 0.349 e. The molecule has 5 rings (SSSR count). The summed E-state index contributed by atoms with van der Waals surface area (Å²) >= 11 is 0. The molecule has 39 heavy (non-hydrogen) atoms. The van der Waals surface area contributed by atoms with Crippen molar-refractivity contribution in [2.45, 2.75) is 107 Å². The number of carbonyl (C=O) groups excluding carboxylic acids is 3. The van der Waals surface area contributed by atoms with Crippen LogP contribution >= 0.6 is 12.4 Å². The lowest BCUT2D eigenvalue weighted by Crippen LogP contribution is -2.59. The van der Waals surface area contributed by atoms with E-state index < -0.39 is 11.5 Å². The van der Waals surface area contributed by atoms with Crippen LogP contribution in [0.5, 0.6) is 0 Å². The van der Waals surface area contributed by atoms with Crippen molar-refractivity contribution >= 4 is 30.3 Å². The Hall–Kier alpha value is -2.26. The molecule has 1 saturated carbocycles. The predicted molar refractivity (Wildman–Crippen MR) is 147 cm³/mol. The second-order valence-electron chi connectivity index (χ2n) is 12.1. The Morgan fingerprint density at radius 2 is 1.62 bits per heavy atom. The van der Waals surface area contributed by atoms with E-state index in [9.17, 15) is 23.2 Å². The number of fused-ring (bicyclic) bond motifs is 2. The number of carbonyl (C=O) groups is 3. The molecule has 3 heterocycles. The molecule has 1 N–H and O–H groups in total. The molecule has 216 valence electrons. The highest BCUT2D eigenvalue weighted by atomic mass is 35.5. The van der Waals surface area contributed by atoms with E-state index in [1.165, 1.54) is 4.90 Å². The Bertz CT molecular complexity index is 1050. The molecule has 0 aromatic heterocycles. The third-order valence-corrected chi connectivity index (χ3v) is 9.47. The van der Waals surface area contributed by atoms with E-state index in [4.69, 9.17) is 0 Å². The normalized spacial score (nSPS) is 29.7. The van der Waals surface area contributed by atoms with Gasteiger partial charge in [0.25, 0.3) is 5.91 Å². The van der Waals surface area contributed by atoms with Crippen molar-refractivity contribution < 1.29 is 23.2 Å². The zero-order valence-corrected chi connectivity index (χ0v) is 23.9. The molecule has 1 aromatic rings.